The summed E-state index contributed by atoms with van der Waals surface area (Å²) in [4.78, 5) is 10.7. The summed E-state index contributed by atoms with van der Waals surface area (Å²) in [5.41, 5.74) is 0.136. The van der Waals surface area contributed by atoms with Gasteiger partial charge in [0.2, 0.25) is 0 Å². The van der Waals surface area contributed by atoms with Gasteiger partial charge in [0, 0.05) is 0 Å². The van der Waals surface area contributed by atoms with Gasteiger partial charge in [-0.15, -0.1) is 12.4 Å². The molecule has 0 spiro atoms. The lowest BCUT2D eigenvalue weighted by molar-refractivity contribution is 0.177. The first-order valence-corrected chi connectivity index (χ1v) is 4.15. The predicted molar refractivity (Wildman–Crippen MR) is 50.8 cm³/mol. The van der Waals surface area contributed by atoms with Crippen molar-refractivity contribution >= 4 is 18.5 Å². The Balaban J connectivity index is 0.00000128. The maximum atomic E-state index is 12.8. The predicted octanol–water partition coefficient (Wildman–Crippen LogP) is 2.31. The highest BCUT2D eigenvalue weighted by Crippen LogP contribution is 2.22. The van der Waals surface area contributed by atoms with Crippen LogP contribution in [0.2, 0.25) is 0 Å². The maximum absolute atomic E-state index is 12.8. The van der Waals surface area contributed by atoms with Gasteiger partial charge in [0.15, 0.2) is 17.5 Å². The molecule has 88 valence electrons. The molecule has 16 heavy (non-hydrogen) atoms. The van der Waals surface area contributed by atoms with Gasteiger partial charge in [-0.1, -0.05) is 0 Å². The van der Waals surface area contributed by atoms with Crippen LogP contribution in [-0.2, 0) is 4.74 Å². The van der Waals surface area contributed by atoms with Crippen molar-refractivity contribution < 1.29 is 22.7 Å². The van der Waals surface area contributed by atoms with Crippen LogP contribution in [-0.4, -0.2) is 12.7 Å². The number of nitrogens with one attached hydrogen (secondary N) is 1. The summed E-state index contributed by atoms with van der Waals surface area (Å²) in [7, 11) is 0. The lowest BCUT2D eigenvalue weighted by Gasteiger charge is -2.08. The van der Waals surface area contributed by atoms with E-state index in [2.05, 4.69) is 10.1 Å². The zero-order valence-electron chi connectivity index (χ0n) is 7.80. The summed E-state index contributed by atoms with van der Waals surface area (Å²) >= 11 is 0. The molecule has 0 aliphatic carbocycles. The minimum absolute atomic E-state index is 0. The summed E-state index contributed by atoms with van der Waals surface area (Å²) in [6.45, 7) is -0.0245. The van der Waals surface area contributed by atoms with Crippen molar-refractivity contribution in [1.82, 2.24) is 5.32 Å². The van der Waals surface area contributed by atoms with Gasteiger partial charge in [-0.3, -0.25) is 0 Å². The van der Waals surface area contributed by atoms with E-state index in [9.17, 15) is 18.0 Å². The van der Waals surface area contributed by atoms with E-state index in [1.54, 1.807) is 0 Å². The third-order valence-electron chi connectivity index (χ3n) is 2.08. The van der Waals surface area contributed by atoms with Crippen molar-refractivity contribution in [1.29, 1.82) is 0 Å². The quantitative estimate of drug-likeness (QED) is 0.780. The molecule has 1 amide bonds. The van der Waals surface area contributed by atoms with Crippen LogP contribution in [0.5, 0.6) is 0 Å². The molecule has 1 aromatic rings. The SMILES string of the molecule is Cl.O=C1N[C@@H](c2cc(F)c(F)c(F)c2)CO1. The highest BCUT2D eigenvalue weighted by molar-refractivity contribution is 5.85. The van der Waals surface area contributed by atoms with Crippen LogP contribution >= 0.6 is 12.4 Å². The Hall–Kier alpha value is -1.43. The molecule has 1 fully saturated rings. The first-order chi connectivity index (χ1) is 7.08. The van der Waals surface area contributed by atoms with Gasteiger partial charge in [-0.05, 0) is 17.7 Å². The average Bonchev–Trinajstić information content (AvgIpc) is 2.60. The number of benzene rings is 1. The lowest BCUT2D eigenvalue weighted by atomic mass is 10.1. The number of hydrogen-bond donors (Lipinski definition) is 1. The molecular formula is C9H7ClF3NO2. The van der Waals surface area contributed by atoms with E-state index in [0.29, 0.717) is 0 Å². The molecule has 1 saturated heterocycles. The second kappa shape index (κ2) is 4.61. The second-order valence-corrected chi connectivity index (χ2v) is 3.09. The number of ether oxygens (including phenoxy) is 1. The number of cyclic esters (lactones) is 1. The summed E-state index contributed by atoms with van der Waals surface area (Å²) in [5.74, 6) is -4.10. The second-order valence-electron chi connectivity index (χ2n) is 3.09. The van der Waals surface area contributed by atoms with E-state index in [1.165, 1.54) is 0 Å². The molecule has 0 saturated carbocycles. The number of amides is 1. The van der Waals surface area contributed by atoms with Crippen molar-refractivity contribution in [3.63, 3.8) is 0 Å². The van der Waals surface area contributed by atoms with Crippen molar-refractivity contribution in [3.8, 4) is 0 Å². The van der Waals surface area contributed by atoms with E-state index < -0.39 is 29.6 Å². The topological polar surface area (TPSA) is 38.3 Å². The molecule has 0 aromatic heterocycles. The number of rotatable bonds is 1. The Kier molecular flexibility index (Phi) is 3.64. The highest BCUT2D eigenvalue weighted by Gasteiger charge is 2.25. The van der Waals surface area contributed by atoms with Gasteiger partial charge < -0.3 is 10.1 Å². The van der Waals surface area contributed by atoms with Crippen molar-refractivity contribution in [2.45, 2.75) is 6.04 Å². The fraction of sp³-hybridized carbons (Fsp3) is 0.222. The normalized spacial score (nSPS) is 18.7. The van der Waals surface area contributed by atoms with Gasteiger partial charge in [-0.2, -0.15) is 0 Å². The fourth-order valence-electron chi connectivity index (χ4n) is 1.34. The van der Waals surface area contributed by atoms with E-state index in [0.717, 1.165) is 12.1 Å². The zero-order chi connectivity index (χ0) is 11.0. The summed E-state index contributed by atoms with van der Waals surface area (Å²) in [6.07, 6.45) is -0.662. The summed E-state index contributed by atoms with van der Waals surface area (Å²) in [5, 5.41) is 2.33. The molecule has 0 unspecified atom stereocenters. The molecule has 1 heterocycles. The molecule has 7 heteroatoms. The van der Waals surface area contributed by atoms with Crippen LogP contribution in [0.1, 0.15) is 11.6 Å². The summed E-state index contributed by atoms with van der Waals surface area (Å²) < 4.78 is 42.8. The monoisotopic (exact) mass is 253 g/mol. The molecule has 1 N–H and O–H groups in total. The van der Waals surface area contributed by atoms with Crippen molar-refractivity contribution in [3.05, 3.63) is 35.1 Å². The Bertz CT molecular complexity index is 404. The third-order valence-corrected chi connectivity index (χ3v) is 2.08. The first kappa shape index (κ1) is 12.6. The van der Waals surface area contributed by atoms with Crippen LogP contribution in [0, 0.1) is 17.5 Å². The fourth-order valence-corrected chi connectivity index (χ4v) is 1.34. The average molecular weight is 254 g/mol. The smallest absolute Gasteiger partial charge is 0.407 e. The molecule has 0 bridgehead atoms. The molecule has 1 aliphatic rings. The van der Waals surface area contributed by atoms with Gasteiger partial charge in [-0.25, -0.2) is 18.0 Å². The van der Waals surface area contributed by atoms with Gasteiger partial charge in [0.25, 0.3) is 0 Å². The minimum atomic E-state index is -1.52. The zero-order valence-corrected chi connectivity index (χ0v) is 8.61. The van der Waals surface area contributed by atoms with Crippen LogP contribution < -0.4 is 5.32 Å². The van der Waals surface area contributed by atoms with Crippen LogP contribution in [0.15, 0.2) is 12.1 Å². The largest absolute Gasteiger partial charge is 0.447 e. The van der Waals surface area contributed by atoms with Gasteiger partial charge >= 0.3 is 6.09 Å². The Morgan fingerprint density at radius 2 is 1.81 bits per heavy atom. The molecule has 2 rings (SSSR count). The van der Waals surface area contributed by atoms with Crippen LogP contribution in [0.25, 0.3) is 0 Å². The third kappa shape index (κ3) is 2.21. The van der Waals surface area contributed by atoms with Crippen LogP contribution in [0.4, 0.5) is 18.0 Å². The highest BCUT2D eigenvalue weighted by atomic mass is 35.5. The molecule has 1 atom stereocenters. The number of carbonyl (C=O) groups is 1. The Labute approximate surface area is 95.0 Å². The van der Waals surface area contributed by atoms with Gasteiger partial charge in [0.1, 0.15) is 6.61 Å². The molecule has 0 radical (unpaired) electrons. The minimum Gasteiger partial charge on any atom is -0.447 e. The standard InChI is InChI=1S/C9H6F3NO2.ClH/c10-5-1-4(2-6(11)8(5)12)7-3-15-9(14)13-7;/h1-2,7H,3H2,(H,13,14);1H/t7-;/m1./s1. The van der Waals surface area contributed by atoms with Gasteiger partial charge in [0.05, 0.1) is 6.04 Å². The Morgan fingerprint density at radius 1 is 1.25 bits per heavy atom. The van der Waals surface area contributed by atoms with Crippen LogP contribution in [0.3, 0.4) is 0 Å². The Morgan fingerprint density at radius 3 is 2.25 bits per heavy atom. The number of alkyl carbamates (subject to hydrolysis) is 1. The first-order valence-electron chi connectivity index (χ1n) is 4.15. The molecule has 1 aliphatic heterocycles. The number of hydrogen-bond acceptors (Lipinski definition) is 2. The number of halogens is 4. The van der Waals surface area contributed by atoms with E-state index >= 15 is 0 Å². The molecular weight excluding hydrogens is 247 g/mol. The van der Waals surface area contributed by atoms with E-state index in [4.69, 9.17) is 0 Å². The lowest BCUT2D eigenvalue weighted by Crippen LogP contribution is -2.18. The molecule has 1 aromatic carbocycles. The number of carbonyl (C=O) groups excluding carboxylic acids is 1. The molecule has 3 nitrogen and oxygen atoms in total. The van der Waals surface area contributed by atoms with Crippen molar-refractivity contribution in [2.75, 3.05) is 6.61 Å². The maximum Gasteiger partial charge on any atom is 0.407 e. The van der Waals surface area contributed by atoms with E-state index in [-0.39, 0.29) is 24.6 Å². The summed E-state index contributed by atoms with van der Waals surface area (Å²) in [6, 6.07) is 1.03. The van der Waals surface area contributed by atoms with E-state index in [1.807, 2.05) is 0 Å². The van der Waals surface area contributed by atoms with Crippen molar-refractivity contribution in [2.24, 2.45) is 0 Å².